The molecule has 2 heterocycles. The molecule has 0 aliphatic carbocycles. The van der Waals surface area contributed by atoms with Crippen molar-refractivity contribution in [3.05, 3.63) is 54.6 Å². The molecule has 0 spiro atoms. The van der Waals surface area contributed by atoms with Crippen LogP contribution in [0.3, 0.4) is 0 Å². The molecule has 2 aliphatic rings. The van der Waals surface area contributed by atoms with E-state index in [9.17, 15) is 13.2 Å². The van der Waals surface area contributed by atoms with E-state index in [-0.39, 0.29) is 5.91 Å². The van der Waals surface area contributed by atoms with E-state index in [2.05, 4.69) is 16.0 Å². The highest BCUT2D eigenvalue weighted by molar-refractivity contribution is 7.89. The zero-order chi connectivity index (χ0) is 20.3. The summed E-state index contributed by atoms with van der Waals surface area (Å²) in [5.41, 5.74) is 2.59. The topological polar surface area (TPSA) is 90.5 Å². The normalized spacial score (nSPS) is 22.5. The summed E-state index contributed by atoms with van der Waals surface area (Å²) in [4.78, 5) is 12.6. The molecule has 2 aromatic carbocycles. The van der Waals surface area contributed by atoms with Gasteiger partial charge < -0.3 is 16.0 Å². The van der Waals surface area contributed by atoms with Crippen LogP contribution in [0, 0.1) is 0 Å². The van der Waals surface area contributed by atoms with Crippen LogP contribution in [0.4, 0.5) is 17.1 Å². The van der Waals surface area contributed by atoms with Gasteiger partial charge in [0.2, 0.25) is 15.9 Å². The first-order chi connectivity index (χ1) is 14.0. The molecule has 4 rings (SSSR count). The molecular formula is C21H26N4O3S. The van der Waals surface area contributed by atoms with Gasteiger partial charge in [0, 0.05) is 36.7 Å². The van der Waals surface area contributed by atoms with Gasteiger partial charge in [-0.15, -0.1) is 0 Å². The Bertz CT molecular complexity index is 942. The zero-order valence-corrected chi connectivity index (χ0v) is 17.0. The number of hydrogen-bond donors (Lipinski definition) is 3. The summed E-state index contributed by atoms with van der Waals surface area (Å²) in [6.07, 6.45) is 2.13. The number of para-hydroxylation sites is 1. The first-order valence-corrected chi connectivity index (χ1v) is 11.5. The number of carbonyl (C=O) groups is 1. The fourth-order valence-corrected chi connectivity index (χ4v) is 5.77. The standard InChI is InChI=1S/C21H26N4O3S/c26-21(20-14-19(15-22-20)29(27,28)25-12-4-5-13-25)24-18-10-8-17(9-11-18)23-16-6-2-1-3-7-16/h1-3,6-11,19-20,22-23H,4-5,12-15H2,(H,24,26). The number of anilines is 3. The van der Waals surface area contributed by atoms with Crippen molar-refractivity contribution in [2.75, 3.05) is 30.3 Å². The first kappa shape index (κ1) is 19.9. The summed E-state index contributed by atoms with van der Waals surface area (Å²) in [5, 5.41) is 8.71. The van der Waals surface area contributed by atoms with Crippen molar-refractivity contribution in [1.29, 1.82) is 0 Å². The SMILES string of the molecule is O=C(Nc1ccc(Nc2ccccc2)cc1)C1CC(S(=O)(=O)N2CCCC2)CN1. The number of benzene rings is 2. The molecule has 29 heavy (non-hydrogen) atoms. The van der Waals surface area contributed by atoms with Gasteiger partial charge in [0.15, 0.2) is 0 Å². The van der Waals surface area contributed by atoms with Crippen LogP contribution in [0.1, 0.15) is 19.3 Å². The summed E-state index contributed by atoms with van der Waals surface area (Å²) < 4.78 is 27.0. The smallest absolute Gasteiger partial charge is 0.241 e. The van der Waals surface area contributed by atoms with E-state index < -0.39 is 21.3 Å². The van der Waals surface area contributed by atoms with Crippen molar-refractivity contribution in [3.63, 3.8) is 0 Å². The lowest BCUT2D eigenvalue weighted by Gasteiger charge is -2.20. The van der Waals surface area contributed by atoms with E-state index in [1.165, 1.54) is 0 Å². The second-order valence-corrected chi connectivity index (χ2v) is 9.74. The number of nitrogens with zero attached hydrogens (tertiary/aromatic N) is 1. The van der Waals surface area contributed by atoms with E-state index in [1.807, 2.05) is 54.6 Å². The van der Waals surface area contributed by atoms with Gasteiger partial charge in [-0.25, -0.2) is 12.7 Å². The second-order valence-electron chi connectivity index (χ2n) is 7.53. The molecule has 2 fully saturated rings. The molecule has 154 valence electrons. The van der Waals surface area contributed by atoms with Crippen molar-refractivity contribution < 1.29 is 13.2 Å². The maximum atomic E-state index is 12.7. The molecule has 2 atom stereocenters. The predicted octanol–water partition coefficient (Wildman–Crippen LogP) is 2.52. The highest BCUT2D eigenvalue weighted by atomic mass is 32.2. The molecule has 0 saturated carbocycles. The average molecular weight is 415 g/mol. The largest absolute Gasteiger partial charge is 0.356 e. The Labute approximate surface area is 171 Å². The molecule has 0 bridgehead atoms. The highest BCUT2D eigenvalue weighted by Crippen LogP contribution is 2.24. The van der Waals surface area contributed by atoms with E-state index in [0.29, 0.717) is 31.7 Å². The van der Waals surface area contributed by atoms with Crippen LogP contribution < -0.4 is 16.0 Å². The fraction of sp³-hybridized carbons (Fsp3) is 0.381. The molecule has 0 radical (unpaired) electrons. The van der Waals surface area contributed by atoms with Crippen molar-refractivity contribution in [3.8, 4) is 0 Å². The van der Waals surface area contributed by atoms with Gasteiger partial charge in [0.1, 0.15) is 0 Å². The summed E-state index contributed by atoms with van der Waals surface area (Å²) in [5.74, 6) is -0.201. The van der Waals surface area contributed by atoms with Crippen molar-refractivity contribution in [1.82, 2.24) is 9.62 Å². The second kappa shape index (κ2) is 8.52. The van der Waals surface area contributed by atoms with Gasteiger partial charge in [0.05, 0.1) is 11.3 Å². The van der Waals surface area contributed by atoms with Crippen LogP contribution in [-0.2, 0) is 14.8 Å². The fourth-order valence-electron chi connectivity index (χ4n) is 3.84. The number of amides is 1. The quantitative estimate of drug-likeness (QED) is 0.676. The van der Waals surface area contributed by atoms with Gasteiger partial charge in [0.25, 0.3) is 0 Å². The van der Waals surface area contributed by atoms with E-state index in [1.54, 1.807) is 4.31 Å². The van der Waals surface area contributed by atoms with Crippen LogP contribution in [0.25, 0.3) is 0 Å². The Morgan fingerprint density at radius 3 is 2.24 bits per heavy atom. The molecule has 2 aromatic rings. The Kier molecular flexibility index (Phi) is 5.84. The summed E-state index contributed by atoms with van der Waals surface area (Å²) in [6.45, 7) is 1.51. The van der Waals surface area contributed by atoms with Crippen LogP contribution >= 0.6 is 0 Å². The Hall–Kier alpha value is -2.42. The molecule has 2 aliphatic heterocycles. The highest BCUT2D eigenvalue weighted by Gasteiger charge is 2.40. The Balaban J connectivity index is 1.32. The van der Waals surface area contributed by atoms with Gasteiger partial charge in [-0.1, -0.05) is 18.2 Å². The molecule has 7 nitrogen and oxygen atoms in total. The van der Waals surface area contributed by atoms with Crippen molar-refractivity contribution >= 4 is 33.0 Å². The lowest BCUT2D eigenvalue weighted by Crippen LogP contribution is -2.37. The average Bonchev–Trinajstić information content (AvgIpc) is 3.43. The lowest BCUT2D eigenvalue weighted by atomic mass is 10.2. The number of sulfonamides is 1. The van der Waals surface area contributed by atoms with Crippen LogP contribution in [-0.4, -0.2) is 49.6 Å². The predicted molar refractivity (Wildman–Crippen MR) is 115 cm³/mol. The molecule has 0 aromatic heterocycles. The maximum Gasteiger partial charge on any atom is 0.241 e. The molecule has 1 amide bonds. The summed E-state index contributed by atoms with van der Waals surface area (Å²) in [6, 6.07) is 16.8. The zero-order valence-electron chi connectivity index (χ0n) is 16.2. The molecular weight excluding hydrogens is 388 g/mol. The number of hydrogen-bond acceptors (Lipinski definition) is 5. The van der Waals surface area contributed by atoms with Crippen LogP contribution in [0.2, 0.25) is 0 Å². The van der Waals surface area contributed by atoms with Gasteiger partial charge >= 0.3 is 0 Å². The third-order valence-electron chi connectivity index (χ3n) is 5.47. The van der Waals surface area contributed by atoms with Crippen molar-refractivity contribution in [2.45, 2.75) is 30.6 Å². The monoisotopic (exact) mass is 414 g/mol. The van der Waals surface area contributed by atoms with Gasteiger partial charge in [-0.05, 0) is 55.7 Å². The summed E-state index contributed by atoms with van der Waals surface area (Å²) >= 11 is 0. The molecule has 8 heteroatoms. The van der Waals surface area contributed by atoms with Gasteiger partial charge in [-0.2, -0.15) is 0 Å². The molecule has 2 unspecified atom stereocenters. The molecule has 3 N–H and O–H groups in total. The number of rotatable bonds is 6. The number of nitrogens with one attached hydrogen (secondary N) is 3. The minimum atomic E-state index is -3.33. The lowest BCUT2D eigenvalue weighted by molar-refractivity contribution is -0.117. The Morgan fingerprint density at radius 2 is 1.55 bits per heavy atom. The van der Waals surface area contributed by atoms with E-state index in [0.717, 1.165) is 24.2 Å². The third-order valence-corrected chi connectivity index (χ3v) is 7.75. The van der Waals surface area contributed by atoms with Crippen molar-refractivity contribution in [2.24, 2.45) is 0 Å². The Morgan fingerprint density at radius 1 is 0.931 bits per heavy atom. The summed E-state index contributed by atoms with van der Waals surface area (Å²) in [7, 11) is -3.33. The van der Waals surface area contributed by atoms with Gasteiger partial charge in [-0.3, -0.25) is 4.79 Å². The molecule has 2 saturated heterocycles. The first-order valence-electron chi connectivity index (χ1n) is 9.98. The maximum absolute atomic E-state index is 12.7. The van der Waals surface area contributed by atoms with E-state index >= 15 is 0 Å². The minimum Gasteiger partial charge on any atom is -0.356 e. The third kappa shape index (κ3) is 4.60. The van der Waals surface area contributed by atoms with E-state index in [4.69, 9.17) is 0 Å². The van der Waals surface area contributed by atoms with Crippen LogP contribution in [0.15, 0.2) is 54.6 Å². The van der Waals surface area contributed by atoms with Crippen LogP contribution in [0.5, 0.6) is 0 Å². The number of carbonyl (C=O) groups excluding carboxylic acids is 1. The minimum absolute atomic E-state index is 0.201.